The summed E-state index contributed by atoms with van der Waals surface area (Å²) >= 11 is 0. The van der Waals surface area contributed by atoms with Crippen molar-refractivity contribution in [1.82, 2.24) is 29.3 Å². The lowest BCUT2D eigenvalue weighted by Crippen LogP contribution is -2.37. The van der Waals surface area contributed by atoms with Gasteiger partial charge in [-0.3, -0.25) is 9.48 Å². The molecule has 1 aliphatic heterocycles. The highest BCUT2D eigenvalue weighted by Gasteiger charge is 2.28. The third-order valence-corrected chi connectivity index (χ3v) is 5.06. The van der Waals surface area contributed by atoms with E-state index in [0.717, 1.165) is 23.4 Å². The second kappa shape index (κ2) is 6.05. The normalized spacial score (nSPS) is 13.7. The summed E-state index contributed by atoms with van der Waals surface area (Å²) < 4.78 is 3.51. The first-order valence-electron chi connectivity index (χ1n) is 8.90. The number of fused-ring (bicyclic) bond motifs is 2. The van der Waals surface area contributed by atoms with Crippen molar-refractivity contribution in [2.75, 3.05) is 6.54 Å². The summed E-state index contributed by atoms with van der Waals surface area (Å²) in [6.07, 6.45) is 2.25. The summed E-state index contributed by atoms with van der Waals surface area (Å²) in [7, 11) is 1.96. The maximum atomic E-state index is 13.1. The molecule has 4 heterocycles. The molecular formula is C20H18N6O. The Morgan fingerprint density at radius 1 is 1.07 bits per heavy atom. The third-order valence-electron chi connectivity index (χ3n) is 5.06. The Morgan fingerprint density at radius 2 is 1.93 bits per heavy atom. The van der Waals surface area contributed by atoms with Gasteiger partial charge in [0.05, 0.1) is 17.9 Å². The number of pyridine rings is 1. The van der Waals surface area contributed by atoms with E-state index in [1.807, 2.05) is 47.0 Å². The maximum Gasteiger partial charge on any atom is 0.272 e. The summed E-state index contributed by atoms with van der Waals surface area (Å²) in [6, 6.07) is 15.7. The van der Waals surface area contributed by atoms with Crippen LogP contribution in [0.15, 0.2) is 54.9 Å². The molecule has 0 radical (unpaired) electrons. The van der Waals surface area contributed by atoms with Gasteiger partial charge in [-0.25, -0.2) is 9.50 Å². The Balaban J connectivity index is 1.49. The fourth-order valence-corrected chi connectivity index (χ4v) is 3.82. The number of aromatic nitrogens is 5. The molecule has 0 bridgehead atoms. The van der Waals surface area contributed by atoms with Crippen molar-refractivity contribution in [3.8, 4) is 11.3 Å². The average Bonchev–Trinajstić information content (AvgIpc) is 3.30. The van der Waals surface area contributed by atoms with Crippen molar-refractivity contribution in [2.45, 2.75) is 13.0 Å². The lowest BCUT2D eigenvalue weighted by molar-refractivity contribution is 0.0723. The largest absolute Gasteiger partial charge is 0.331 e. The molecular weight excluding hydrogens is 340 g/mol. The topological polar surface area (TPSA) is 68.3 Å². The van der Waals surface area contributed by atoms with Crippen molar-refractivity contribution in [3.05, 3.63) is 71.8 Å². The molecule has 7 heteroatoms. The minimum atomic E-state index is -0.0522. The summed E-state index contributed by atoms with van der Waals surface area (Å²) in [5.74, 6) is -0.0522. The van der Waals surface area contributed by atoms with Crippen LogP contribution in [0, 0.1) is 0 Å². The summed E-state index contributed by atoms with van der Waals surface area (Å²) in [5.41, 5.74) is 5.67. The third kappa shape index (κ3) is 2.51. The highest BCUT2D eigenvalue weighted by atomic mass is 16.2. The van der Waals surface area contributed by atoms with Gasteiger partial charge in [0.1, 0.15) is 12.0 Å². The Kier molecular flexibility index (Phi) is 3.53. The molecule has 134 valence electrons. The van der Waals surface area contributed by atoms with E-state index in [0.29, 0.717) is 24.4 Å². The number of benzene rings is 1. The Hall–Kier alpha value is -3.48. The molecule has 0 saturated carbocycles. The van der Waals surface area contributed by atoms with Gasteiger partial charge >= 0.3 is 0 Å². The van der Waals surface area contributed by atoms with Crippen LogP contribution in [0.5, 0.6) is 0 Å². The first-order chi connectivity index (χ1) is 13.2. The zero-order valence-corrected chi connectivity index (χ0v) is 14.9. The minimum absolute atomic E-state index is 0.0522. The quantitative estimate of drug-likeness (QED) is 0.551. The number of amides is 1. The molecule has 3 aromatic heterocycles. The lowest BCUT2D eigenvalue weighted by Gasteiger charge is -2.26. The Morgan fingerprint density at radius 3 is 2.78 bits per heavy atom. The van der Waals surface area contributed by atoms with E-state index in [1.165, 1.54) is 11.9 Å². The second-order valence-electron chi connectivity index (χ2n) is 6.68. The smallest absolute Gasteiger partial charge is 0.272 e. The lowest BCUT2D eigenvalue weighted by atomic mass is 9.99. The van der Waals surface area contributed by atoms with Crippen LogP contribution in [-0.4, -0.2) is 41.7 Å². The van der Waals surface area contributed by atoms with Crippen LogP contribution in [0.1, 0.15) is 21.7 Å². The molecule has 4 aromatic rings. The molecule has 0 spiro atoms. The van der Waals surface area contributed by atoms with E-state index in [9.17, 15) is 4.79 Å². The summed E-state index contributed by atoms with van der Waals surface area (Å²) in [4.78, 5) is 19.1. The van der Waals surface area contributed by atoms with Crippen LogP contribution < -0.4 is 0 Å². The molecule has 1 aromatic carbocycles. The van der Waals surface area contributed by atoms with E-state index in [4.69, 9.17) is 5.10 Å². The van der Waals surface area contributed by atoms with Gasteiger partial charge in [-0.2, -0.15) is 10.2 Å². The van der Waals surface area contributed by atoms with Crippen LogP contribution >= 0.6 is 0 Å². The fourth-order valence-electron chi connectivity index (χ4n) is 3.82. The molecule has 7 nitrogen and oxygen atoms in total. The number of nitrogens with zero attached hydrogens (tertiary/aromatic N) is 6. The van der Waals surface area contributed by atoms with Crippen molar-refractivity contribution >= 4 is 11.6 Å². The number of hydrogen-bond acceptors (Lipinski definition) is 4. The monoisotopic (exact) mass is 358 g/mol. The molecule has 1 amide bonds. The molecule has 0 unspecified atom stereocenters. The van der Waals surface area contributed by atoms with E-state index in [-0.39, 0.29) is 5.91 Å². The van der Waals surface area contributed by atoms with Gasteiger partial charge in [-0.05, 0) is 18.6 Å². The summed E-state index contributed by atoms with van der Waals surface area (Å²) in [5, 5.41) is 8.87. The minimum Gasteiger partial charge on any atom is -0.331 e. The Bertz CT molecular complexity index is 1140. The molecule has 0 saturated heterocycles. The van der Waals surface area contributed by atoms with E-state index < -0.39 is 0 Å². The van der Waals surface area contributed by atoms with Crippen LogP contribution in [0.4, 0.5) is 0 Å². The zero-order valence-electron chi connectivity index (χ0n) is 14.9. The van der Waals surface area contributed by atoms with Gasteiger partial charge in [0, 0.05) is 24.7 Å². The van der Waals surface area contributed by atoms with Crippen LogP contribution in [-0.2, 0) is 20.0 Å². The van der Waals surface area contributed by atoms with Gasteiger partial charge < -0.3 is 4.90 Å². The van der Waals surface area contributed by atoms with E-state index in [2.05, 4.69) is 22.2 Å². The number of carbonyl (C=O) groups excluding carboxylic acids is 1. The van der Waals surface area contributed by atoms with Crippen LogP contribution in [0.3, 0.4) is 0 Å². The predicted octanol–water partition coefficient (Wildman–Crippen LogP) is 2.33. The molecule has 1 aliphatic rings. The zero-order chi connectivity index (χ0) is 18.4. The standard InChI is InChI=1S/C20H18N6O/c1-24-19(14-6-3-2-4-7-14)15-10-11-25(12-16(15)23-24)20(27)17-8-5-9-18-21-13-22-26(17)18/h2-9,13H,10-12H2,1H3. The molecule has 0 atom stereocenters. The second-order valence-corrected chi connectivity index (χ2v) is 6.68. The highest BCUT2D eigenvalue weighted by Crippen LogP contribution is 2.30. The SMILES string of the molecule is Cn1nc2c(c1-c1ccccc1)CCN(C(=O)c1cccc3ncnn13)C2. The molecule has 0 aliphatic carbocycles. The molecule has 0 N–H and O–H groups in total. The van der Waals surface area contributed by atoms with Gasteiger partial charge in [0.2, 0.25) is 0 Å². The van der Waals surface area contributed by atoms with E-state index in [1.54, 1.807) is 10.6 Å². The number of hydrogen-bond donors (Lipinski definition) is 0. The van der Waals surface area contributed by atoms with E-state index >= 15 is 0 Å². The van der Waals surface area contributed by atoms with Crippen molar-refractivity contribution < 1.29 is 4.79 Å². The number of rotatable bonds is 2. The molecule has 0 fully saturated rings. The predicted molar refractivity (Wildman–Crippen MR) is 100 cm³/mol. The molecule has 27 heavy (non-hydrogen) atoms. The van der Waals surface area contributed by atoms with Gasteiger partial charge in [-0.15, -0.1) is 0 Å². The van der Waals surface area contributed by atoms with Crippen molar-refractivity contribution in [3.63, 3.8) is 0 Å². The first kappa shape index (κ1) is 15.7. The van der Waals surface area contributed by atoms with Gasteiger partial charge in [0.25, 0.3) is 5.91 Å². The molecule has 5 rings (SSSR count). The van der Waals surface area contributed by atoms with Crippen molar-refractivity contribution in [1.29, 1.82) is 0 Å². The highest BCUT2D eigenvalue weighted by molar-refractivity contribution is 5.93. The summed E-state index contributed by atoms with van der Waals surface area (Å²) in [6.45, 7) is 1.16. The fraction of sp³-hybridized carbons (Fsp3) is 0.200. The Labute approximate surface area is 155 Å². The van der Waals surface area contributed by atoms with Crippen LogP contribution in [0.25, 0.3) is 16.9 Å². The maximum absolute atomic E-state index is 13.1. The first-order valence-corrected chi connectivity index (χ1v) is 8.90. The average molecular weight is 358 g/mol. The number of carbonyl (C=O) groups is 1. The number of aryl methyl sites for hydroxylation is 1. The van der Waals surface area contributed by atoms with Crippen LogP contribution in [0.2, 0.25) is 0 Å². The van der Waals surface area contributed by atoms with Gasteiger partial charge in [0.15, 0.2) is 5.65 Å². The van der Waals surface area contributed by atoms with Gasteiger partial charge in [-0.1, -0.05) is 36.4 Å². The van der Waals surface area contributed by atoms with Crippen molar-refractivity contribution in [2.24, 2.45) is 7.05 Å².